The van der Waals surface area contributed by atoms with Crippen LogP contribution in [0.25, 0.3) is 11.3 Å². The van der Waals surface area contributed by atoms with Crippen molar-refractivity contribution in [1.29, 1.82) is 0 Å². The molecule has 0 unspecified atom stereocenters. The van der Waals surface area contributed by atoms with Crippen LogP contribution < -0.4 is 10.5 Å². The van der Waals surface area contributed by atoms with Crippen LogP contribution in [0, 0.1) is 0 Å². The van der Waals surface area contributed by atoms with E-state index in [2.05, 4.69) is 27.2 Å². The van der Waals surface area contributed by atoms with Crippen molar-refractivity contribution in [3.8, 4) is 11.3 Å². The number of rotatable bonds is 2. The maximum Gasteiger partial charge on any atom is 0.264 e. The monoisotopic (exact) mass is 241 g/mol. The fourth-order valence-corrected chi connectivity index (χ4v) is 2.32. The van der Waals surface area contributed by atoms with Gasteiger partial charge in [-0.15, -0.1) is 0 Å². The van der Waals surface area contributed by atoms with Gasteiger partial charge in [-0.25, -0.2) is 5.10 Å². The summed E-state index contributed by atoms with van der Waals surface area (Å²) in [6, 6.07) is 11.6. The van der Waals surface area contributed by atoms with Gasteiger partial charge in [0, 0.05) is 30.4 Å². The third-order valence-corrected chi connectivity index (χ3v) is 3.31. The van der Waals surface area contributed by atoms with Crippen molar-refractivity contribution in [1.82, 2.24) is 10.2 Å². The lowest BCUT2D eigenvalue weighted by Crippen LogP contribution is -2.17. The van der Waals surface area contributed by atoms with Gasteiger partial charge in [-0.1, -0.05) is 12.1 Å². The molecule has 1 aliphatic heterocycles. The molecule has 0 spiro atoms. The molecule has 3 rings (SSSR count). The number of hydrogen-bond acceptors (Lipinski definition) is 3. The number of benzene rings is 1. The molecule has 0 amide bonds. The second-order valence-corrected chi connectivity index (χ2v) is 4.55. The number of anilines is 1. The summed E-state index contributed by atoms with van der Waals surface area (Å²) in [6.45, 7) is 2.30. The van der Waals surface area contributed by atoms with Gasteiger partial charge in [-0.05, 0) is 31.0 Å². The highest BCUT2D eigenvalue weighted by Crippen LogP contribution is 2.23. The van der Waals surface area contributed by atoms with Crippen molar-refractivity contribution in [2.24, 2.45) is 0 Å². The quantitative estimate of drug-likeness (QED) is 0.875. The van der Waals surface area contributed by atoms with Crippen molar-refractivity contribution >= 4 is 5.69 Å². The first-order valence-electron chi connectivity index (χ1n) is 6.24. The van der Waals surface area contributed by atoms with E-state index in [1.807, 2.05) is 12.1 Å². The Bertz CT molecular complexity index is 562. The third-order valence-electron chi connectivity index (χ3n) is 3.31. The average Bonchev–Trinajstić information content (AvgIpc) is 2.94. The van der Waals surface area contributed by atoms with Gasteiger partial charge in [0.05, 0.1) is 5.69 Å². The smallest absolute Gasteiger partial charge is 0.264 e. The van der Waals surface area contributed by atoms with E-state index in [1.165, 1.54) is 24.6 Å². The van der Waals surface area contributed by atoms with E-state index in [9.17, 15) is 4.79 Å². The summed E-state index contributed by atoms with van der Waals surface area (Å²) < 4.78 is 0. The first kappa shape index (κ1) is 11.0. The number of aromatic amines is 1. The zero-order valence-corrected chi connectivity index (χ0v) is 10.1. The van der Waals surface area contributed by atoms with Gasteiger partial charge in [0.2, 0.25) is 0 Å². The lowest BCUT2D eigenvalue weighted by atomic mass is 10.1. The molecule has 1 aliphatic rings. The topological polar surface area (TPSA) is 49.0 Å². The van der Waals surface area contributed by atoms with E-state index < -0.39 is 0 Å². The first-order chi connectivity index (χ1) is 8.83. The molecular weight excluding hydrogens is 226 g/mol. The first-order valence-corrected chi connectivity index (χ1v) is 6.24. The van der Waals surface area contributed by atoms with Crippen molar-refractivity contribution in [2.45, 2.75) is 12.8 Å². The Morgan fingerprint density at radius 3 is 2.33 bits per heavy atom. The van der Waals surface area contributed by atoms with Gasteiger partial charge in [0.25, 0.3) is 5.56 Å². The normalized spacial score (nSPS) is 15.0. The van der Waals surface area contributed by atoms with Gasteiger partial charge >= 0.3 is 0 Å². The summed E-state index contributed by atoms with van der Waals surface area (Å²) in [5.41, 5.74) is 2.91. The van der Waals surface area contributed by atoms with Crippen LogP contribution in [0.4, 0.5) is 5.69 Å². The average molecular weight is 241 g/mol. The molecule has 1 N–H and O–H groups in total. The lowest BCUT2D eigenvalue weighted by molar-refractivity contribution is 0.949. The van der Waals surface area contributed by atoms with Crippen LogP contribution in [0.5, 0.6) is 0 Å². The highest BCUT2D eigenvalue weighted by atomic mass is 16.1. The zero-order chi connectivity index (χ0) is 12.4. The second-order valence-electron chi connectivity index (χ2n) is 4.55. The third kappa shape index (κ3) is 2.14. The molecule has 0 aliphatic carbocycles. The summed E-state index contributed by atoms with van der Waals surface area (Å²) in [6.07, 6.45) is 2.56. The Morgan fingerprint density at radius 1 is 1.00 bits per heavy atom. The standard InChI is InChI=1S/C14H15N3O/c18-14-8-7-13(15-16-14)11-3-5-12(6-4-11)17-9-1-2-10-17/h3-8H,1-2,9-10H2,(H,16,18). The summed E-state index contributed by atoms with van der Waals surface area (Å²) in [7, 11) is 0. The number of hydrogen-bond donors (Lipinski definition) is 1. The highest BCUT2D eigenvalue weighted by molar-refractivity contribution is 5.62. The number of H-pyrrole nitrogens is 1. The van der Waals surface area contributed by atoms with E-state index in [0.29, 0.717) is 0 Å². The number of nitrogens with zero attached hydrogens (tertiary/aromatic N) is 2. The summed E-state index contributed by atoms with van der Waals surface area (Å²) >= 11 is 0. The van der Waals surface area contributed by atoms with E-state index in [4.69, 9.17) is 0 Å². The molecule has 92 valence electrons. The maximum atomic E-state index is 11.0. The highest BCUT2D eigenvalue weighted by Gasteiger charge is 2.11. The van der Waals surface area contributed by atoms with E-state index in [-0.39, 0.29) is 5.56 Å². The summed E-state index contributed by atoms with van der Waals surface area (Å²) in [4.78, 5) is 13.3. The Labute approximate surface area is 105 Å². The molecule has 2 heterocycles. The van der Waals surface area contributed by atoms with Crippen LogP contribution in [-0.2, 0) is 0 Å². The predicted molar refractivity (Wildman–Crippen MR) is 71.7 cm³/mol. The fraction of sp³-hybridized carbons (Fsp3) is 0.286. The molecule has 4 heteroatoms. The van der Waals surface area contributed by atoms with Gasteiger partial charge in [-0.3, -0.25) is 4.79 Å². The van der Waals surface area contributed by atoms with Crippen LogP contribution in [0.1, 0.15) is 12.8 Å². The summed E-state index contributed by atoms with van der Waals surface area (Å²) in [5.74, 6) is 0. The molecule has 18 heavy (non-hydrogen) atoms. The molecular formula is C14H15N3O. The van der Waals surface area contributed by atoms with Gasteiger partial charge in [-0.2, -0.15) is 5.10 Å². The van der Waals surface area contributed by atoms with Crippen LogP contribution >= 0.6 is 0 Å². The molecule has 0 bridgehead atoms. The minimum atomic E-state index is -0.174. The van der Waals surface area contributed by atoms with Crippen LogP contribution in [0.3, 0.4) is 0 Å². The second kappa shape index (κ2) is 4.64. The molecule has 0 radical (unpaired) electrons. The van der Waals surface area contributed by atoms with Crippen molar-refractivity contribution in [3.05, 3.63) is 46.8 Å². The fourth-order valence-electron chi connectivity index (χ4n) is 2.32. The lowest BCUT2D eigenvalue weighted by Gasteiger charge is -2.17. The Morgan fingerprint density at radius 2 is 1.72 bits per heavy atom. The predicted octanol–water partition coefficient (Wildman–Crippen LogP) is 2.04. The van der Waals surface area contributed by atoms with E-state index in [0.717, 1.165) is 24.3 Å². The molecule has 4 nitrogen and oxygen atoms in total. The molecule has 0 saturated carbocycles. The Balaban J connectivity index is 1.86. The van der Waals surface area contributed by atoms with Gasteiger partial charge in [0.15, 0.2) is 0 Å². The Kier molecular flexibility index (Phi) is 2.84. The largest absolute Gasteiger partial charge is 0.372 e. The minimum absolute atomic E-state index is 0.174. The van der Waals surface area contributed by atoms with Gasteiger partial charge < -0.3 is 4.90 Å². The number of nitrogens with one attached hydrogen (secondary N) is 1. The van der Waals surface area contributed by atoms with Crippen LogP contribution in [-0.4, -0.2) is 23.3 Å². The van der Waals surface area contributed by atoms with Gasteiger partial charge in [0.1, 0.15) is 0 Å². The zero-order valence-electron chi connectivity index (χ0n) is 10.1. The van der Waals surface area contributed by atoms with Crippen molar-refractivity contribution in [3.63, 3.8) is 0 Å². The van der Waals surface area contributed by atoms with E-state index >= 15 is 0 Å². The molecule has 1 aromatic carbocycles. The number of aromatic nitrogens is 2. The van der Waals surface area contributed by atoms with Crippen molar-refractivity contribution in [2.75, 3.05) is 18.0 Å². The minimum Gasteiger partial charge on any atom is -0.372 e. The molecule has 1 aromatic heterocycles. The van der Waals surface area contributed by atoms with Crippen molar-refractivity contribution < 1.29 is 0 Å². The van der Waals surface area contributed by atoms with Crippen LogP contribution in [0.15, 0.2) is 41.2 Å². The SMILES string of the molecule is O=c1ccc(-c2ccc(N3CCCC3)cc2)n[nH]1. The molecule has 2 aromatic rings. The molecule has 1 fully saturated rings. The van der Waals surface area contributed by atoms with Crippen LogP contribution in [0.2, 0.25) is 0 Å². The maximum absolute atomic E-state index is 11.0. The molecule has 0 atom stereocenters. The summed E-state index contributed by atoms with van der Waals surface area (Å²) in [5, 5.41) is 6.48. The van der Waals surface area contributed by atoms with E-state index in [1.54, 1.807) is 6.07 Å². The molecule has 1 saturated heterocycles. The Hall–Kier alpha value is -2.10.